The van der Waals surface area contributed by atoms with Crippen LogP contribution in [0.4, 0.5) is 5.69 Å². The Morgan fingerprint density at radius 2 is 1.76 bits per heavy atom. The number of benzene rings is 2. The van der Waals surface area contributed by atoms with E-state index < -0.39 is 5.60 Å². The summed E-state index contributed by atoms with van der Waals surface area (Å²) in [5, 5.41) is 3.22. The molecule has 0 saturated carbocycles. The third-order valence-electron chi connectivity index (χ3n) is 7.01. The van der Waals surface area contributed by atoms with E-state index in [-0.39, 0.29) is 29.9 Å². The Hall–Kier alpha value is -3.08. The van der Waals surface area contributed by atoms with E-state index in [0.717, 1.165) is 35.2 Å². The van der Waals surface area contributed by atoms with Gasteiger partial charge in [0.25, 0.3) is 5.91 Å². The van der Waals surface area contributed by atoms with Gasteiger partial charge in [0.2, 0.25) is 0 Å². The number of amides is 1. The lowest BCUT2D eigenvalue weighted by atomic mass is 9.95. The summed E-state index contributed by atoms with van der Waals surface area (Å²) in [6.07, 6.45) is 6.32. The van der Waals surface area contributed by atoms with E-state index in [1.165, 1.54) is 5.56 Å². The molecule has 3 unspecified atom stereocenters. The first kappa shape index (κ1) is 31.1. The Kier molecular flexibility index (Phi) is 11.2. The fourth-order valence-electron chi connectivity index (χ4n) is 4.93. The first-order valence-corrected chi connectivity index (χ1v) is 13.9. The molecule has 2 aromatic carbocycles. The quantitative estimate of drug-likeness (QED) is 0.307. The molecule has 2 rings (SSSR count). The number of aryl methyl sites for hydroxylation is 2. The summed E-state index contributed by atoms with van der Waals surface area (Å²) in [6.45, 7) is 18.1. The van der Waals surface area contributed by atoms with E-state index in [2.05, 4.69) is 62.3 Å². The van der Waals surface area contributed by atoms with Crippen molar-refractivity contribution in [2.75, 3.05) is 11.9 Å². The lowest BCUT2D eigenvalue weighted by Crippen LogP contribution is -2.34. The van der Waals surface area contributed by atoms with Crippen molar-refractivity contribution in [3.8, 4) is 0 Å². The zero-order valence-corrected chi connectivity index (χ0v) is 25.1. The summed E-state index contributed by atoms with van der Waals surface area (Å²) in [7, 11) is 2.07. The van der Waals surface area contributed by atoms with Crippen molar-refractivity contribution in [2.24, 2.45) is 5.92 Å². The number of allylic oxidation sites excluding steroid dienone is 1. The molecule has 0 spiro atoms. The summed E-state index contributed by atoms with van der Waals surface area (Å²) < 4.78 is 5.51. The maximum Gasteiger partial charge on any atom is 0.306 e. The van der Waals surface area contributed by atoms with Crippen molar-refractivity contribution in [1.29, 1.82) is 0 Å². The van der Waals surface area contributed by atoms with Crippen molar-refractivity contribution in [3.63, 3.8) is 0 Å². The molecule has 208 valence electrons. The second-order valence-corrected chi connectivity index (χ2v) is 11.6. The highest BCUT2D eigenvalue weighted by molar-refractivity contribution is 5.97. The Balaban J connectivity index is 2.18. The molecule has 1 N–H and O–H groups in total. The van der Waals surface area contributed by atoms with Crippen LogP contribution in [-0.2, 0) is 9.53 Å². The molecule has 0 bridgehead atoms. The van der Waals surface area contributed by atoms with Crippen LogP contribution in [-0.4, -0.2) is 30.6 Å². The molecule has 1 amide bonds. The van der Waals surface area contributed by atoms with Crippen LogP contribution in [0.3, 0.4) is 0 Å². The van der Waals surface area contributed by atoms with Crippen molar-refractivity contribution >= 4 is 23.6 Å². The van der Waals surface area contributed by atoms with Gasteiger partial charge < -0.3 is 15.0 Å². The smallest absolute Gasteiger partial charge is 0.306 e. The Labute approximate surface area is 230 Å². The van der Waals surface area contributed by atoms with Gasteiger partial charge in [-0.1, -0.05) is 50.3 Å². The van der Waals surface area contributed by atoms with Crippen molar-refractivity contribution in [2.45, 2.75) is 99.3 Å². The Morgan fingerprint density at radius 3 is 2.37 bits per heavy atom. The summed E-state index contributed by atoms with van der Waals surface area (Å²) in [6, 6.07) is 12.4. The van der Waals surface area contributed by atoms with Gasteiger partial charge in [0.1, 0.15) is 5.60 Å². The number of carbonyl (C=O) groups excluding carboxylic acids is 2. The van der Waals surface area contributed by atoms with Crippen LogP contribution in [0.15, 0.2) is 42.5 Å². The van der Waals surface area contributed by atoms with Gasteiger partial charge in [0.05, 0.1) is 6.04 Å². The van der Waals surface area contributed by atoms with Crippen LogP contribution in [0.1, 0.15) is 106 Å². The number of esters is 1. The number of anilines is 1. The van der Waals surface area contributed by atoms with Crippen LogP contribution in [0.2, 0.25) is 0 Å². The molecular weight excluding hydrogens is 472 g/mol. The van der Waals surface area contributed by atoms with Crippen molar-refractivity contribution < 1.29 is 14.3 Å². The number of nitrogens with zero attached hydrogens (tertiary/aromatic N) is 1. The SMILES string of the molecule is C/C=C\c1c(C)cccc1C(C)NC(=O)c1cc(N(C)C(CC)CC(C)CC(=O)OC(C)(C)C)ccc1C. The lowest BCUT2D eigenvalue weighted by Gasteiger charge is -2.32. The summed E-state index contributed by atoms with van der Waals surface area (Å²) >= 11 is 0. The van der Waals surface area contributed by atoms with Crippen LogP contribution in [0.5, 0.6) is 0 Å². The van der Waals surface area contributed by atoms with Crippen LogP contribution < -0.4 is 10.2 Å². The Bertz CT molecular complexity index is 1130. The summed E-state index contributed by atoms with van der Waals surface area (Å²) in [4.78, 5) is 28.0. The van der Waals surface area contributed by atoms with Crippen molar-refractivity contribution in [1.82, 2.24) is 5.32 Å². The topological polar surface area (TPSA) is 58.6 Å². The van der Waals surface area contributed by atoms with Crippen molar-refractivity contribution in [3.05, 3.63) is 70.3 Å². The Morgan fingerprint density at radius 1 is 1.08 bits per heavy atom. The molecule has 0 fully saturated rings. The average molecular weight is 521 g/mol. The van der Waals surface area contributed by atoms with Gasteiger partial charge in [-0.25, -0.2) is 0 Å². The van der Waals surface area contributed by atoms with E-state index in [9.17, 15) is 9.59 Å². The number of rotatable bonds is 11. The number of hydrogen-bond donors (Lipinski definition) is 1. The molecule has 38 heavy (non-hydrogen) atoms. The largest absolute Gasteiger partial charge is 0.460 e. The molecule has 0 radical (unpaired) electrons. The second kappa shape index (κ2) is 13.6. The molecule has 5 heteroatoms. The van der Waals surface area contributed by atoms with Gasteiger partial charge >= 0.3 is 5.97 Å². The molecule has 0 heterocycles. The van der Waals surface area contributed by atoms with E-state index in [1.807, 2.05) is 65.8 Å². The molecule has 5 nitrogen and oxygen atoms in total. The molecule has 0 aliphatic carbocycles. The second-order valence-electron chi connectivity index (χ2n) is 11.6. The maximum absolute atomic E-state index is 13.4. The maximum atomic E-state index is 13.4. The summed E-state index contributed by atoms with van der Waals surface area (Å²) in [5.41, 5.74) is 5.59. The van der Waals surface area contributed by atoms with Crippen LogP contribution in [0.25, 0.3) is 6.08 Å². The number of carbonyl (C=O) groups is 2. The van der Waals surface area contributed by atoms with Gasteiger partial charge in [-0.2, -0.15) is 0 Å². The first-order chi connectivity index (χ1) is 17.8. The third kappa shape index (κ3) is 8.75. The normalized spacial score (nSPS) is 14.2. The molecule has 0 aliphatic heterocycles. The van der Waals surface area contributed by atoms with E-state index in [4.69, 9.17) is 4.74 Å². The fourth-order valence-corrected chi connectivity index (χ4v) is 4.93. The number of ether oxygens (including phenoxy) is 1. The minimum atomic E-state index is -0.471. The lowest BCUT2D eigenvalue weighted by molar-refractivity contribution is -0.155. The minimum Gasteiger partial charge on any atom is -0.460 e. The molecule has 0 aromatic heterocycles. The van der Waals surface area contributed by atoms with Crippen LogP contribution in [0, 0.1) is 19.8 Å². The van der Waals surface area contributed by atoms with Gasteiger partial charge in [0.15, 0.2) is 0 Å². The molecule has 0 aliphatic rings. The standard InChI is InChI=1S/C33H48N2O3/c1-11-14-28-23(4)15-13-16-29(28)25(6)34-32(37)30-21-27(18-17-24(30)5)35(10)26(12-2)19-22(3)20-31(36)38-33(7,8)9/h11,13-18,21-22,25-26H,12,19-20H2,1-10H3,(H,34,37)/b14-11-. The zero-order chi connectivity index (χ0) is 28.6. The van der Waals surface area contributed by atoms with E-state index in [0.29, 0.717) is 12.0 Å². The zero-order valence-electron chi connectivity index (χ0n) is 25.1. The molecule has 2 aromatic rings. The highest BCUT2D eigenvalue weighted by Crippen LogP contribution is 2.27. The van der Waals surface area contributed by atoms with Gasteiger partial charge in [0, 0.05) is 30.8 Å². The average Bonchev–Trinajstić information content (AvgIpc) is 2.82. The summed E-state index contributed by atoms with van der Waals surface area (Å²) in [5.74, 6) is -0.0475. The number of hydrogen-bond acceptors (Lipinski definition) is 4. The monoisotopic (exact) mass is 520 g/mol. The predicted octanol–water partition coefficient (Wildman–Crippen LogP) is 7.80. The van der Waals surface area contributed by atoms with E-state index in [1.54, 1.807) is 0 Å². The van der Waals surface area contributed by atoms with Gasteiger partial charge in [-0.15, -0.1) is 0 Å². The highest BCUT2D eigenvalue weighted by atomic mass is 16.6. The highest BCUT2D eigenvalue weighted by Gasteiger charge is 2.23. The minimum absolute atomic E-state index is 0.0791. The predicted molar refractivity (Wildman–Crippen MR) is 160 cm³/mol. The number of nitrogens with one attached hydrogen (secondary N) is 1. The molecular formula is C33H48N2O3. The van der Waals surface area contributed by atoms with Gasteiger partial charge in [-0.3, -0.25) is 9.59 Å². The fraction of sp³-hybridized carbons (Fsp3) is 0.515. The molecule has 3 atom stereocenters. The van der Waals surface area contributed by atoms with E-state index >= 15 is 0 Å². The molecule has 0 saturated heterocycles. The van der Waals surface area contributed by atoms with Gasteiger partial charge in [-0.05, 0) is 102 Å². The first-order valence-electron chi connectivity index (χ1n) is 13.9. The van der Waals surface area contributed by atoms with Crippen LogP contribution >= 0.6 is 0 Å². The third-order valence-corrected chi connectivity index (χ3v) is 7.01.